The van der Waals surface area contributed by atoms with E-state index in [1.54, 1.807) is 6.92 Å². The van der Waals surface area contributed by atoms with Crippen LogP contribution in [0.3, 0.4) is 0 Å². The highest BCUT2D eigenvalue weighted by molar-refractivity contribution is 5.78. The summed E-state index contributed by atoms with van der Waals surface area (Å²) in [5.74, 6) is 0.464. The summed E-state index contributed by atoms with van der Waals surface area (Å²) in [5.41, 5.74) is 0. The molecule has 1 aliphatic carbocycles. The van der Waals surface area contributed by atoms with Crippen LogP contribution in [0.25, 0.3) is 0 Å². The van der Waals surface area contributed by atoms with E-state index in [1.165, 1.54) is 6.42 Å². The van der Waals surface area contributed by atoms with Crippen molar-refractivity contribution in [2.75, 3.05) is 6.61 Å². The first-order valence-corrected chi connectivity index (χ1v) is 4.38. The van der Waals surface area contributed by atoms with Crippen LogP contribution in [0.2, 0.25) is 0 Å². The van der Waals surface area contributed by atoms with Crippen LogP contribution in [0.5, 0.6) is 0 Å². The van der Waals surface area contributed by atoms with Crippen molar-refractivity contribution in [3.63, 3.8) is 0 Å². The quantitative estimate of drug-likeness (QED) is 0.595. The first-order valence-electron chi connectivity index (χ1n) is 4.38. The van der Waals surface area contributed by atoms with Crippen molar-refractivity contribution in [2.45, 2.75) is 39.0 Å². The number of hydrogen-bond donors (Lipinski definition) is 0. The third-order valence-electron chi connectivity index (χ3n) is 1.65. The maximum atomic E-state index is 10.5. The van der Waals surface area contributed by atoms with Gasteiger partial charge in [0.05, 0.1) is 6.61 Å². The van der Waals surface area contributed by atoms with Gasteiger partial charge in [-0.25, -0.2) is 0 Å². The summed E-state index contributed by atoms with van der Waals surface area (Å²) in [7, 11) is 0. The first kappa shape index (κ1) is 11.1. The standard InChI is InChI=1S/C6H10O.C3H6O2/c7-6-4-2-1-3-5-6;1-2-5-3-4/h1-5H2;3H,2H2,1H3. The zero-order valence-corrected chi connectivity index (χ0v) is 7.54. The van der Waals surface area contributed by atoms with E-state index in [0.717, 1.165) is 25.7 Å². The fourth-order valence-electron chi connectivity index (χ4n) is 1.01. The molecule has 0 atom stereocenters. The van der Waals surface area contributed by atoms with Gasteiger partial charge in [-0.15, -0.1) is 0 Å². The molecule has 3 nitrogen and oxygen atoms in total. The predicted molar refractivity (Wildman–Crippen MR) is 45.8 cm³/mol. The minimum atomic E-state index is 0.431. The Balaban J connectivity index is 0.000000217. The van der Waals surface area contributed by atoms with E-state index in [-0.39, 0.29) is 0 Å². The van der Waals surface area contributed by atoms with Crippen molar-refractivity contribution in [3.8, 4) is 0 Å². The van der Waals surface area contributed by atoms with Crippen LogP contribution in [0.1, 0.15) is 39.0 Å². The molecule has 0 spiro atoms. The molecule has 0 N–H and O–H groups in total. The van der Waals surface area contributed by atoms with Crippen LogP contribution in [0.4, 0.5) is 0 Å². The fraction of sp³-hybridized carbons (Fsp3) is 0.778. The molecule has 0 aromatic carbocycles. The number of carbonyl (C=O) groups is 2. The third kappa shape index (κ3) is 7.25. The molecule has 0 amide bonds. The van der Waals surface area contributed by atoms with Gasteiger partial charge < -0.3 is 4.74 Å². The minimum absolute atomic E-state index is 0.431. The molecule has 0 saturated heterocycles. The molecular weight excluding hydrogens is 156 g/mol. The van der Waals surface area contributed by atoms with Crippen molar-refractivity contribution in [1.82, 2.24) is 0 Å². The summed E-state index contributed by atoms with van der Waals surface area (Å²) < 4.78 is 4.15. The highest BCUT2D eigenvalue weighted by atomic mass is 16.5. The van der Waals surface area contributed by atoms with Crippen molar-refractivity contribution in [2.24, 2.45) is 0 Å². The predicted octanol–water partition coefficient (Wildman–Crippen LogP) is 1.70. The van der Waals surface area contributed by atoms with Crippen molar-refractivity contribution >= 4 is 12.3 Å². The lowest BCUT2D eigenvalue weighted by molar-refractivity contribution is -0.128. The van der Waals surface area contributed by atoms with Crippen LogP contribution < -0.4 is 0 Å². The first-order chi connectivity index (χ1) is 5.81. The summed E-state index contributed by atoms with van der Waals surface area (Å²) in [6.07, 6.45) is 5.24. The highest BCUT2D eigenvalue weighted by Gasteiger charge is 2.05. The van der Waals surface area contributed by atoms with E-state index in [2.05, 4.69) is 4.74 Å². The molecule has 0 radical (unpaired) electrons. The smallest absolute Gasteiger partial charge is 0.293 e. The maximum Gasteiger partial charge on any atom is 0.293 e. The van der Waals surface area contributed by atoms with Gasteiger partial charge in [-0.3, -0.25) is 9.59 Å². The number of hydrogen-bond acceptors (Lipinski definition) is 3. The number of ether oxygens (including phenoxy) is 1. The van der Waals surface area contributed by atoms with E-state index in [0.29, 0.717) is 18.9 Å². The number of ketones is 1. The zero-order chi connectivity index (χ0) is 9.23. The van der Waals surface area contributed by atoms with Gasteiger partial charge in [0, 0.05) is 12.8 Å². The van der Waals surface area contributed by atoms with E-state index < -0.39 is 0 Å². The Labute approximate surface area is 73.1 Å². The molecule has 0 unspecified atom stereocenters. The molecule has 3 heteroatoms. The molecule has 12 heavy (non-hydrogen) atoms. The Hall–Kier alpha value is -0.860. The van der Waals surface area contributed by atoms with E-state index in [4.69, 9.17) is 0 Å². The average Bonchev–Trinajstić information content (AvgIpc) is 2.08. The lowest BCUT2D eigenvalue weighted by atomic mass is 10.00. The second kappa shape index (κ2) is 8.24. The SMILES string of the molecule is CCOC=O.O=C1CCCCC1. The lowest BCUT2D eigenvalue weighted by Gasteiger charge is -2.05. The molecule has 0 aromatic heterocycles. The van der Waals surface area contributed by atoms with Gasteiger partial charge in [-0.1, -0.05) is 6.42 Å². The second-order valence-corrected chi connectivity index (χ2v) is 2.65. The summed E-state index contributed by atoms with van der Waals surface area (Å²) >= 11 is 0. The molecule has 0 bridgehead atoms. The number of rotatable bonds is 2. The molecular formula is C9H16O3. The van der Waals surface area contributed by atoms with Gasteiger partial charge >= 0.3 is 0 Å². The molecule has 1 aliphatic rings. The van der Waals surface area contributed by atoms with Gasteiger partial charge in [-0.2, -0.15) is 0 Å². The normalized spacial score (nSPS) is 15.9. The van der Waals surface area contributed by atoms with Gasteiger partial charge in [0.2, 0.25) is 0 Å². The van der Waals surface area contributed by atoms with Gasteiger partial charge in [0.1, 0.15) is 5.78 Å². The number of carbonyl (C=O) groups excluding carboxylic acids is 2. The summed E-state index contributed by atoms with van der Waals surface area (Å²) in [4.78, 5) is 19.6. The molecule has 0 aromatic rings. The van der Waals surface area contributed by atoms with Gasteiger partial charge in [0.15, 0.2) is 0 Å². The Morgan fingerprint density at radius 2 is 1.92 bits per heavy atom. The number of Topliss-reactive ketones (excluding diaryl/α,β-unsaturated/α-hetero) is 1. The monoisotopic (exact) mass is 172 g/mol. The molecule has 0 heterocycles. The fourth-order valence-corrected chi connectivity index (χ4v) is 1.01. The largest absolute Gasteiger partial charge is 0.468 e. The summed E-state index contributed by atoms with van der Waals surface area (Å²) in [6.45, 7) is 2.66. The molecule has 1 saturated carbocycles. The Bertz CT molecular complexity index is 124. The maximum absolute atomic E-state index is 10.5. The van der Waals surface area contributed by atoms with Crippen molar-refractivity contribution < 1.29 is 14.3 Å². The molecule has 1 fully saturated rings. The van der Waals surface area contributed by atoms with Crippen LogP contribution >= 0.6 is 0 Å². The summed E-state index contributed by atoms with van der Waals surface area (Å²) in [5, 5.41) is 0. The van der Waals surface area contributed by atoms with E-state index in [1.807, 2.05) is 0 Å². The van der Waals surface area contributed by atoms with Crippen LogP contribution in [0, 0.1) is 0 Å². The van der Waals surface area contributed by atoms with Gasteiger partial charge in [-0.05, 0) is 19.8 Å². The molecule has 70 valence electrons. The minimum Gasteiger partial charge on any atom is -0.468 e. The van der Waals surface area contributed by atoms with Gasteiger partial charge in [0.25, 0.3) is 6.47 Å². The third-order valence-corrected chi connectivity index (χ3v) is 1.65. The Kier molecular flexibility index (Phi) is 7.65. The lowest BCUT2D eigenvalue weighted by Crippen LogP contribution is -2.02. The molecule has 1 rings (SSSR count). The van der Waals surface area contributed by atoms with Crippen LogP contribution in [-0.2, 0) is 14.3 Å². The zero-order valence-electron chi connectivity index (χ0n) is 7.54. The van der Waals surface area contributed by atoms with Crippen LogP contribution in [-0.4, -0.2) is 18.9 Å². The Morgan fingerprint density at radius 3 is 2.08 bits per heavy atom. The van der Waals surface area contributed by atoms with E-state index in [9.17, 15) is 9.59 Å². The Morgan fingerprint density at radius 1 is 1.33 bits per heavy atom. The average molecular weight is 172 g/mol. The van der Waals surface area contributed by atoms with E-state index >= 15 is 0 Å². The van der Waals surface area contributed by atoms with Crippen molar-refractivity contribution in [1.29, 1.82) is 0 Å². The summed E-state index contributed by atoms with van der Waals surface area (Å²) in [6, 6.07) is 0. The highest BCUT2D eigenvalue weighted by Crippen LogP contribution is 2.12. The topological polar surface area (TPSA) is 43.4 Å². The molecule has 0 aliphatic heterocycles. The van der Waals surface area contributed by atoms with Crippen LogP contribution in [0.15, 0.2) is 0 Å². The van der Waals surface area contributed by atoms with Crippen molar-refractivity contribution in [3.05, 3.63) is 0 Å². The second-order valence-electron chi connectivity index (χ2n) is 2.65.